The van der Waals surface area contributed by atoms with Crippen molar-refractivity contribution in [2.75, 3.05) is 18.0 Å². The predicted molar refractivity (Wildman–Crippen MR) is 125 cm³/mol. The summed E-state index contributed by atoms with van der Waals surface area (Å²) in [5, 5.41) is 15.0. The summed E-state index contributed by atoms with van der Waals surface area (Å²) in [5.41, 5.74) is 3.40. The lowest BCUT2D eigenvalue weighted by molar-refractivity contribution is 0.793. The number of thiophene rings is 1. The van der Waals surface area contributed by atoms with Crippen LogP contribution in [0.25, 0.3) is 21.3 Å². The normalized spacial score (nSPS) is 11.1. The van der Waals surface area contributed by atoms with Gasteiger partial charge in [0.2, 0.25) is 0 Å². The first-order chi connectivity index (χ1) is 14.2. The van der Waals surface area contributed by atoms with Gasteiger partial charge in [0.15, 0.2) is 11.0 Å². The number of hydrogen-bond acceptors (Lipinski definition) is 7. The van der Waals surface area contributed by atoms with Crippen molar-refractivity contribution in [1.82, 2.24) is 19.7 Å². The van der Waals surface area contributed by atoms with Gasteiger partial charge >= 0.3 is 0 Å². The van der Waals surface area contributed by atoms with Gasteiger partial charge in [0.25, 0.3) is 0 Å². The highest BCUT2D eigenvalue weighted by Crippen LogP contribution is 2.31. The Morgan fingerprint density at radius 3 is 2.52 bits per heavy atom. The summed E-state index contributed by atoms with van der Waals surface area (Å²) < 4.78 is 2.06. The van der Waals surface area contributed by atoms with Crippen molar-refractivity contribution in [2.24, 2.45) is 7.05 Å². The molecule has 0 radical (unpaired) electrons. The lowest BCUT2D eigenvalue weighted by Gasteiger charge is -2.21. The van der Waals surface area contributed by atoms with Crippen LogP contribution in [0.4, 0.5) is 5.69 Å². The summed E-state index contributed by atoms with van der Waals surface area (Å²) in [5.74, 6) is 1.67. The van der Waals surface area contributed by atoms with Gasteiger partial charge in [-0.1, -0.05) is 17.8 Å². The molecular weight excluding hydrogens is 418 g/mol. The maximum atomic E-state index is 4.75. The third-order valence-corrected chi connectivity index (χ3v) is 7.71. The summed E-state index contributed by atoms with van der Waals surface area (Å²) in [4.78, 5) is 8.31. The molecule has 0 amide bonds. The van der Waals surface area contributed by atoms with Crippen molar-refractivity contribution in [2.45, 2.75) is 24.8 Å². The van der Waals surface area contributed by atoms with E-state index in [1.807, 2.05) is 7.05 Å². The smallest absolute Gasteiger partial charge is 0.191 e. The van der Waals surface area contributed by atoms with Crippen LogP contribution in [-0.2, 0) is 12.8 Å². The monoisotopic (exact) mass is 441 g/mol. The fourth-order valence-corrected chi connectivity index (χ4v) is 5.67. The molecule has 3 heterocycles. The average molecular weight is 442 g/mol. The highest BCUT2D eigenvalue weighted by atomic mass is 32.2. The van der Waals surface area contributed by atoms with Gasteiger partial charge in [0.1, 0.15) is 5.01 Å². The van der Waals surface area contributed by atoms with E-state index in [-0.39, 0.29) is 0 Å². The van der Waals surface area contributed by atoms with E-state index in [1.165, 1.54) is 10.6 Å². The number of rotatable bonds is 8. The van der Waals surface area contributed by atoms with Crippen LogP contribution in [0.2, 0.25) is 0 Å². The van der Waals surface area contributed by atoms with E-state index in [0.717, 1.165) is 46.1 Å². The molecule has 0 unspecified atom stereocenters. The molecule has 0 spiro atoms. The molecule has 0 aliphatic carbocycles. The maximum Gasteiger partial charge on any atom is 0.191 e. The van der Waals surface area contributed by atoms with Crippen molar-refractivity contribution < 1.29 is 0 Å². The van der Waals surface area contributed by atoms with Crippen molar-refractivity contribution in [3.05, 3.63) is 52.9 Å². The van der Waals surface area contributed by atoms with Gasteiger partial charge in [-0.05, 0) is 49.6 Å². The number of thioether (sulfide) groups is 1. The molecule has 4 aromatic rings. The zero-order valence-electron chi connectivity index (χ0n) is 16.7. The van der Waals surface area contributed by atoms with Crippen LogP contribution in [0.1, 0.15) is 19.5 Å². The predicted octanol–water partition coefficient (Wildman–Crippen LogP) is 5.81. The van der Waals surface area contributed by atoms with E-state index in [9.17, 15) is 0 Å². The minimum absolute atomic E-state index is 0.786. The summed E-state index contributed by atoms with van der Waals surface area (Å²) in [6.07, 6.45) is 0. The van der Waals surface area contributed by atoms with Crippen LogP contribution in [0, 0.1) is 0 Å². The molecule has 0 saturated carbocycles. The third-order valence-electron chi connectivity index (χ3n) is 4.72. The first-order valence-corrected chi connectivity index (χ1v) is 12.3. The lowest BCUT2D eigenvalue weighted by atomic mass is 10.2. The van der Waals surface area contributed by atoms with E-state index in [1.54, 1.807) is 34.4 Å². The molecule has 29 heavy (non-hydrogen) atoms. The SMILES string of the molecule is CCN(CC)c1ccc(-c2nnc(SCc3csc(-c4cccs4)n3)n2C)cc1. The highest BCUT2D eigenvalue weighted by Gasteiger charge is 2.13. The molecule has 4 rings (SSSR count). The second kappa shape index (κ2) is 9.11. The minimum atomic E-state index is 0.786. The fraction of sp³-hybridized carbons (Fsp3) is 0.286. The molecule has 1 aromatic carbocycles. The second-order valence-corrected chi connectivity index (χ2v) is 9.24. The largest absolute Gasteiger partial charge is 0.372 e. The Hall–Kier alpha value is -2.16. The van der Waals surface area contributed by atoms with E-state index >= 15 is 0 Å². The molecule has 0 aliphatic heterocycles. The van der Waals surface area contributed by atoms with Gasteiger partial charge in [-0.25, -0.2) is 4.98 Å². The van der Waals surface area contributed by atoms with Crippen LogP contribution in [-0.4, -0.2) is 32.8 Å². The Morgan fingerprint density at radius 2 is 1.83 bits per heavy atom. The summed E-state index contributed by atoms with van der Waals surface area (Å²) >= 11 is 5.09. The quantitative estimate of drug-likeness (QED) is 0.323. The van der Waals surface area contributed by atoms with E-state index in [4.69, 9.17) is 4.98 Å². The van der Waals surface area contributed by atoms with Gasteiger partial charge in [-0.2, -0.15) is 0 Å². The molecule has 0 aliphatic rings. The minimum Gasteiger partial charge on any atom is -0.372 e. The number of hydrogen-bond donors (Lipinski definition) is 0. The molecular formula is C21H23N5S3. The Bertz CT molecular complexity index is 1050. The zero-order chi connectivity index (χ0) is 20.2. The first kappa shape index (κ1) is 20.1. The van der Waals surface area contributed by atoms with Gasteiger partial charge < -0.3 is 9.47 Å². The van der Waals surface area contributed by atoms with Crippen LogP contribution in [0.5, 0.6) is 0 Å². The molecule has 0 bridgehead atoms. The third kappa shape index (κ3) is 4.39. The number of nitrogens with zero attached hydrogens (tertiary/aromatic N) is 5. The van der Waals surface area contributed by atoms with Crippen molar-refractivity contribution >= 4 is 40.1 Å². The van der Waals surface area contributed by atoms with Crippen molar-refractivity contribution in [3.63, 3.8) is 0 Å². The number of aromatic nitrogens is 4. The Morgan fingerprint density at radius 1 is 1.03 bits per heavy atom. The van der Waals surface area contributed by atoms with Gasteiger partial charge in [0.05, 0.1) is 10.6 Å². The number of anilines is 1. The molecule has 3 aromatic heterocycles. The van der Waals surface area contributed by atoms with E-state index < -0.39 is 0 Å². The summed E-state index contributed by atoms with van der Waals surface area (Å²) in [7, 11) is 2.02. The number of benzene rings is 1. The molecule has 8 heteroatoms. The van der Waals surface area contributed by atoms with Crippen LogP contribution in [0.15, 0.2) is 52.3 Å². The Kier molecular flexibility index (Phi) is 6.32. The fourth-order valence-electron chi connectivity index (χ4n) is 3.13. The maximum absolute atomic E-state index is 4.75. The molecule has 0 N–H and O–H groups in total. The highest BCUT2D eigenvalue weighted by molar-refractivity contribution is 7.98. The lowest BCUT2D eigenvalue weighted by Crippen LogP contribution is -2.21. The molecule has 0 atom stereocenters. The Labute approximate surface area is 183 Å². The molecule has 0 fully saturated rings. The van der Waals surface area contributed by atoms with Crippen LogP contribution >= 0.6 is 34.4 Å². The second-order valence-electron chi connectivity index (χ2n) is 6.49. The standard InChI is InChI=1S/C21H23N5S3/c1-4-26(5-2)17-10-8-15(9-11-17)19-23-24-21(25(19)3)29-14-16-13-28-20(22-16)18-7-6-12-27-18/h6-13H,4-5,14H2,1-3H3. The molecule has 5 nitrogen and oxygen atoms in total. The van der Waals surface area contributed by atoms with Gasteiger partial charge in [0, 0.05) is 42.5 Å². The molecule has 0 saturated heterocycles. The average Bonchev–Trinajstić information content (AvgIpc) is 3.49. The van der Waals surface area contributed by atoms with Crippen molar-refractivity contribution in [1.29, 1.82) is 0 Å². The van der Waals surface area contributed by atoms with Gasteiger partial charge in [-0.15, -0.1) is 32.9 Å². The first-order valence-electron chi connectivity index (χ1n) is 9.55. The summed E-state index contributed by atoms with van der Waals surface area (Å²) in [6.45, 7) is 6.36. The number of thiazole rings is 1. The van der Waals surface area contributed by atoms with Crippen molar-refractivity contribution in [3.8, 4) is 21.3 Å². The van der Waals surface area contributed by atoms with E-state index in [0.29, 0.717) is 0 Å². The summed E-state index contributed by atoms with van der Waals surface area (Å²) in [6, 6.07) is 12.7. The zero-order valence-corrected chi connectivity index (χ0v) is 19.2. The molecule has 150 valence electrons. The van der Waals surface area contributed by atoms with Crippen LogP contribution in [0.3, 0.4) is 0 Å². The topological polar surface area (TPSA) is 46.8 Å². The van der Waals surface area contributed by atoms with Crippen LogP contribution < -0.4 is 4.90 Å². The van der Waals surface area contributed by atoms with E-state index in [2.05, 4.69) is 80.7 Å². The van der Waals surface area contributed by atoms with Gasteiger partial charge in [-0.3, -0.25) is 0 Å². The Balaban J connectivity index is 1.45.